The Kier molecular flexibility index (Phi) is 6.11. The molecule has 3 aromatic rings. The lowest BCUT2D eigenvalue weighted by Crippen LogP contribution is -2.19. The van der Waals surface area contributed by atoms with Crippen LogP contribution in [0.4, 0.5) is 30.6 Å². The number of anilines is 3. The molecule has 0 fully saturated rings. The van der Waals surface area contributed by atoms with E-state index in [4.69, 9.17) is 9.47 Å². The highest BCUT2D eigenvalue weighted by Gasteiger charge is 2.37. The lowest BCUT2D eigenvalue weighted by atomic mass is 10.1. The molecule has 12 heteroatoms. The van der Waals surface area contributed by atoms with Gasteiger partial charge in [0.25, 0.3) is 0 Å². The van der Waals surface area contributed by atoms with Crippen LogP contribution in [-0.4, -0.2) is 51.7 Å². The van der Waals surface area contributed by atoms with Gasteiger partial charge in [-0.2, -0.15) is 23.3 Å². The molecule has 9 nitrogen and oxygen atoms in total. The molecule has 2 N–H and O–H groups in total. The number of ether oxygens (including phenoxy) is 2. The van der Waals surface area contributed by atoms with Crippen LogP contribution in [0.3, 0.4) is 0 Å². The van der Waals surface area contributed by atoms with Crippen molar-refractivity contribution in [1.82, 2.24) is 24.7 Å². The minimum atomic E-state index is -4.41. The van der Waals surface area contributed by atoms with Gasteiger partial charge in [-0.05, 0) is 31.4 Å². The molecule has 1 aliphatic rings. The molecule has 0 saturated carbocycles. The number of aromatic nitrogens is 5. The normalized spacial score (nSPS) is 17.7. The van der Waals surface area contributed by atoms with Gasteiger partial charge in [-0.25, -0.2) is 14.6 Å². The van der Waals surface area contributed by atoms with E-state index in [9.17, 15) is 13.2 Å². The Morgan fingerprint density at radius 3 is 2.67 bits per heavy atom. The maximum atomic E-state index is 12.7. The molecule has 2 aromatic heterocycles. The Morgan fingerprint density at radius 2 is 2.03 bits per heavy atom. The summed E-state index contributed by atoms with van der Waals surface area (Å²) in [4.78, 5) is 13.1. The average Bonchev–Trinajstić information content (AvgIpc) is 3.34. The molecule has 0 spiro atoms. The molecular weight excluding hydrogens is 439 g/mol. The zero-order valence-corrected chi connectivity index (χ0v) is 18.6. The number of fused-ring (bicyclic) bond motifs is 1. The van der Waals surface area contributed by atoms with Crippen LogP contribution in [0.2, 0.25) is 0 Å². The number of aryl methyl sites for hydroxylation is 1. The van der Waals surface area contributed by atoms with E-state index in [2.05, 4.69) is 30.7 Å². The summed E-state index contributed by atoms with van der Waals surface area (Å²) in [6.07, 6.45) is -3.18. The standard InChI is InChI=1S/C21H24F3N7O2/c1-11-7-16(33-9-21(22,23)24)18-17(11)19(25-3)29-20(28-18)27-13-5-6-14(15(8-13)32-4)31-10-26-12(2)30-31/h5-6,8,10-11,16H,7,9H2,1-4H3,(H2,25,27,28,29)/t11-,16-/m1/s1. The summed E-state index contributed by atoms with van der Waals surface area (Å²) in [6, 6.07) is 5.35. The summed E-state index contributed by atoms with van der Waals surface area (Å²) in [5.74, 6) is 1.91. The number of benzene rings is 1. The van der Waals surface area contributed by atoms with Crippen molar-refractivity contribution < 1.29 is 22.6 Å². The fourth-order valence-corrected chi connectivity index (χ4v) is 3.89. The molecule has 33 heavy (non-hydrogen) atoms. The van der Waals surface area contributed by atoms with Crippen LogP contribution in [0.25, 0.3) is 5.69 Å². The highest BCUT2D eigenvalue weighted by Crippen LogP contribution is 2.45. The second-order valence-corrected chi connectivity index (χ2v) is 7.74. The van der Waals surface area contributed by atoms with Crippen molar-refractivity contribution in [1.29, 1.82) is 0 Å². The second-order valence-electron chi connectivity index (χ2n) is 7.74. The van der Waals surface area contributed by atoms with Crippen LogP contribution in [0.5, 0.6) is 5.75 Å². The minimum Gasteiger partial charge on any atom is -0.494 e. The molecule has 1 aliphatic carbocycles. The first-order valence-corrected chi connectivity index (χ1v) is 10.3. The van der Waals surface area contributed by atoms with Crippen LogP contribution in [0, 0.1) is 6.92 Å². The molecule has 4 rings (SSSR count). The Balaban J connectivity index is 1.64. The lowest BCUT2D eigenvalue weighted by Gasteiger charge is -2.16. The summed E-state index contributed by atoms with van der Waals surface area (Å²) in [5.41, 5.74) is 2.55. The number of alkyl halides is 3. The first-order chi connectivity index (χ1) is 15.7. The quantitative estimate of drug-likeness (QED) is 0.536. The summed E-state index contributed by atoms with van der Waals surface area (Å²) in [5, 5.41) is 10.4. The van der Waals surface area contributed by atoms with Gasteiger partial charge in [0.1, 0.15) is 42.1 Å². The van der Waals surface area contributed by atoms with E-state index in [0.717, 1.165) is 5.56 Å². The Bertz CT molecular complexity index is 1150. The molecule has 0 aliphatic heterocycles. The van der Waals surface area contributed by atoms with E-state index in [0.29, 0.717) is 40.9 Å². The largest absolute Gasteiger partial charge is 0.494 e. The van der Waals surface area contributed by atoms with Crippen LogP contribution in [0.15, 0.2) is 24.5 Å². The second kappa shape index (κ2) is 8.85. The smallest absolute Gasteiger partial charge is 0.411 e. The highest BCUT2D eigenvalue weighted by molar-refractivity contribution is 5.64. The van der Waals surface area contributed by atoms with Gasteiger partial charge in [0.15, 0.2) is 0 Å². The van der Waals surface area contributed by atoms with E-state index in [-0.39, 0.29) is 11.9 Å². The Labute approximate surface area is 188 Å². The summed E-state index contributed by atoms with van der Waals surface area (Å²) in [7, 11) is 3.25. The lowest BCUT2D eigenvalue weighted by molar-refractivity contribution is -0.186. The topological polar surface area (TPSA) is 99.0 Å². The van der Waals surface area contributed by atoms with E-state index in [1.54, 1.807) is 50.3 Å². The molecule has 0 radical (unpaired) electrons. The monoisotopic (exact) mass is 463 g/mol. The van der Waals surface area contributed by atoms with E-state index < -0.39 is 18.9 Å². The van der Waals surface area contributed by atoms with E-state index in [1.165, 1.54) is 0 Å². The number of nitrogens with one attached hydrogen (secondary N) is 2. The fourth-order valence-electron chi connectivity index (χ4n) is 3.89. The SMILES string of the molecule is CNc1nc(Nc2ccc(-n3cnc(C)n3)c(OC)c2)nc2c1[C@H](C)C[C@H]2OCC(F)(F)F. The number of halogens is 3. The van der Waals surface area contributed by atoms with Gasteiger partial charge in [-0.3, -0.25) is 0 Å². The van der Waals surface area contributed by atoms with Gasteiger partial charge in [0.05, 0.1) is 12.8 Å². The number of rotatable bonds is 7. The van der Waals surface area contributed by atoms with Gasteiger partial charge >= 0.3 is 6.18 Å². The minimum absolute atomic E-state index is 0.0414. The highest BCUT2D eigenvalue weighted by atomic mass is 19.4. The van der Waals surface area contributed by atoms with Crippen LogP contribution < -0.4 is 15.4 Å². The fraction of sp³-hybridized carbons (Fsp3) is 0.429. The van der Waals surface area contributed by atoms with Crippen molar-refractivity contribution in [3.63, 3.8) is 0 Å². The summed E-state index contributed by atoms with van der Waals surface area (Å²) in [6.45, 7) is 2.38. The third kappa shape index (κ3) is 4.85. The van der Waals surface area contributed by atoms with Crippen LogP contribution >= 0.6 is 0 Å². The van der Waals surface area contributed by atoms with Crippen molar-refractivity contribution >= 4 is 17.5 Å². The molecule has 0 unspecified atom stereocenters. The predicted octanol–water partition coefficient (Wildman–Crippen LogP) is 4.29. The molecule has 2 atom stereocenters. The van der Waals surface area contributed by atoms with Crippen LogP contribution in [0.1, 0.15) is 42.4 Å². The third-order valence-electron chi connectivity index (χ3n) is 5.31. The molecular formula is C21H24F3N7O2. The van der Waals surface area contributed by atoms with Crippen molar-refractivity contribution in [2.75, 3.05) is 31.4 Å². The number of methoxy groups -OCH3 is 1. The summed E-state index contributed by atoms with van der Waals surface area (Å²) < 4.78 is 50.4. The summed E-state index contributed by atoms with van der Waals surface area (Å²) >= 11 is 0. The molecule has 0 amide bonds. The van der Waals surface area contributed by atoms with Crippen molar-refractivity contribution in [2.24, 2.45) is 0 Å². The van der Waals surface area contributed by atoms with Gasteiger partial charge in [0, 0.05) is 24.4 Å². The first-order valence-electron chi connectivity index (χ1n) is 10.3. The van der Waals surface area contributed by atoms with Crippen molar-refractivity contribution in [2.45, 2.75) is 38.5 Å². The van der Waals surface area contributed by atoms with Gasteiger partial charge in [-0.15, -0.1) is 0 Å². The maximum absolute atomic E-state index is 12.7. The van der Waals surface area contributed by atoms with E-state index >= 15 is 0 Å². The predicted molar refractivity (Wildman–Crippen MR) is 115 cm³/mol. The number of hydrogen-bond acceptors (Lipinski definition) is 8. The average molecular weight is 463 g/mol. The molecule has 0 bridgehead atoms. The molecule has 2 heterocycles. The zero-order valence-electron chi connectivity index (χ0n) is 18.6. The third-order valence-corrected chi connectivity index (χ3v) is 5.31. The number of hydrogen-bond donors (Lipinski definition) is 2. The molecule has 1 aromatic carbocycles. The molecule has 0 saturated heterocycles. The first kappa shape index (κ1) is 22.8. The van der Waals surface area contributed by atoms with Crippen molar-refractivity contribution in [3.05, 3.63) is 41.6 Å². The number of nitrogens with zero attached hydrogens (tertiary/aromatic N) is 5. The van der Waals surface area contributed by atoms with Gasteiger partial charge < -0.3 is 20.1 Å². The van der Waals surface area contributed by atoms with Crippen molar-refractivity contribution in [3.8, 4) is 11.4 Å². The Hall–Kier alpha value is -3.41. The van der Waals surface area contributed by atoms with Gasteiger partial charge in [0.2, 0.25) is 5.95 Å². The van der Waals surface area contributed by atoms with Crippen LogP contribution in [-0.2, 0) is 4.74 Å². The molecule has 176 valence electrons. The Morgan fingerprint density at radius 1 is 1.24 bits per heavy atom. The maximum Gasteiger partial charge on any atom is 0.411 e. The van der Waals surface area contributed by atoms with E-state index in [1.807, 2.05) is 6.92 Å². The zero-order chi connectivity index (χ0) is 23.8. The van der Waals surface area contributed by atoms with Gasteiger partial charge in [-0.1, -0.05) is 6.92 Å².